The van der Waals surface area contributed by atoms with Crippen LogP contribution in [0.15, 0.2) is 109 Å². The molecule has 0 unspecified atom stereocenters. The van der Waals surface area contributed by atoms with Gasteiger partial charge >= 0.3 is 23.4 Å². The van der Waals surface area contributed by atoms with Crippen LogP contribution in [0.4, 0.5) is 43.7 Å². The van der Waals surface area contributed by atoms with Gasteiger partial charge in [0.1, 0.15) is 0 Å². The van der Waals surface area contributed by atoms with Crippen LogP contribution in [0.25, 0.3) is 11.1 Å². The Labute approximate surface area is 281 Å². The lowest BCUT2D eigenvalue weighted by Gasteiger charge is -2.10. The lowest BCUT2D eigenvalue weighted by molar-refractivity contribution is -0.385. The lowest BCUT2D eigenvalue weighted by atomic mass is 10.1. The number of para-hydroxylation sites is 2. The number of rotatable bonds is 7. The number of aromatic hydroxyl groups is 2. The Bertz CT molecular complexity index is 1980. The summed E-state index contributed by atoms with van der Waals surface area (Å²) in [5.74, 6) is -1.23. The van der Waals surface area contributed by atoms with Gasteiger partial charge in [-0.25, -0.2) is 9.59 Å². The molecule has 16 heteroatoms. The second-order valence-corrected chi connectivity index (χ2v) is 10.3. The van der Waals surface area contributed by atoms with Crippen molar-refractivity contribution in [3.8, 4) is 22.6 Å². The molecular formula is C32H24Cl2N6O8. The van der Waals surface area contributed by atoms with E-state index in [1.54, 1.807) is 24.3 Å². The number of nitro groups is 2. The highest BCUT2D eigenvalue weighted by Gasteiger charge is 2.19. The van der Waals surface area contributed by atoms with E-state index in [1.165, 1.54) is 30.3 Å². The topological polar surface area (TPSA) is 209 Å². The van der Waals surface area contributed by atoms with E-state index in [-0.39, 0.29) is 27.1 Å². The predicted octanol–water partition coefficient (Wildman–Crippen LogP) is 8.86. The molecule has 0 aliphatic rings. The maximum atomic E-state index is 12.1. The van der Waals surface area contributed by atoms with E-state index in [0.29, 0.717) is 5.69 Å². The van der Waals surface area contributed by atoms with E-state index >= 15 is 0 Å². The highest BCUT2D eigenvalue weighted by Crippen LogP contribution is 2.35. The minimum absolute atomic E-state index is 0.0439. The average Bonchev–Trinajstić information content (AvgIpc) is 3.06. The Kier molecular flexibility index (Phi) is 11.3. The number of phenols is 2. The Hall–Kier alpha value is -6.38. The number of phenolic OH excluding ortho intramolecular Hbond substituents is 2. The molecule has 0 fully saturated rings. The fraction of sp³-hybridized carbons (Fsp3) is 0. The third-order valence-electron chi connectivity index (χ3n) is 6.37. The third kappa shape index (κ3) is 8.87. The van der Waals surface area contributed by atoms with Gasteiger partial charge in [-0.05, 0) is 47.5 Å². The summed E-state index contributed by atoms with van der Waals surface area (Å²) in [5.41, 5.74) is 1.73. The number of amides is 4. The summed E-state index contributed by atoms with van der Waals surface area (Å²) in [5, 5.41) is 51.3. The van der Waals surface area contributed by atoms with Crippen LogP contribution in [0.3, 0.4) is 0 Å². The molecule has 0 radical (unpaired) electrons. The molecule has 6 N–H and O–H groups in total. The predicted molar refractivity (Wildman–Crippen MR) is 183 cm³/mol. The van der Waals surface area contributed by atoms with E-state index in [1.807, 2.05) is 42.5 Å². The van der Waals surface area contributed by atoms with Crippen molar-refractivity contribution in [2.24, 2.45) is 0 Å². The third-order valence-corrected chi connectivity index (χ3v) is 7.19. The van der Waals surface area contributed by atoms with Crippen molar-refractivity contribution < 1.29 is 29.6 Å². The minimum Gasteiger partial charge on any atom is -0.501 e. The van der Waals surface area contributed by atoms with Crippen molar-refractivity contribution in [3.05, 3.63) is 139 Å². The number of benzene rings is 5. The van der Waals surface area contributed by atoms with Crippen LogP contribution in [-0.2, 0) is 0 Å². The van der Waals surface area contributed by atoms with Crippen LogP contribution >= 0.6 is 23.2 Å². The number of urea groups is 2. The average molecular weight is 691 g/mol. The quantitative estimate of drug-likeness (QED) is 0.0550. The summed E-state index contributed by atoms with van der Waals surface area (Å²) in [6.07, 6.45) is 0. The molecule has 5 aromatic rings. The number of carbonyl (C=O) groups is 2. The molecule has 244 valence electrons. The Morgan fingerprint density at radius 1 is 0.542 bits per heavy atom. The lowest BCUT2D eigenvalue weighted by Crippen LogP contribution is -2.19. The van der Waals surface area contributed by atoms with E-state index in [9.17, 15) is 40.0 Å². The monoisotopic (exact) mass is 690 g/mol. The number of carbonyl (C=O) groups excluding carboxylic acids is 2. The molecule has 0 aliphatic heterocycles. The molecular weight excluding hydrogens is 667 g/mol. The first-order valence-corrected chi connectivity index (χ1v) is 14.4. The Morgan fingerprint density at radius 2 is 0.979 bits per heavy atom. The van der Waals surface area contributed by atoms with Crippen molar-refractivity contribution in [1.82, 2.24) is 0 Å². The maximum absolute atomic E-state index is 12.1. The minimum atomic E-state index is -0.758. The molecule has 14 nitrogen and oxygen atoms in total. The highest BCUT2D eigenvalue weighted by molar-refractivity contribution is 6.44. The van der Waals surface area contributed by atoms with E-state index < -0.39 is 44.8 Å². The SMILES string of the molecule is O=C(Nc1ccc(-c2ccccc2)cc1)Nc1cccc([N+](=O)[O-])c1O.O=C(Nc1cccc([N+](=O)[O-])c1O)Nc1cccc(Cl)c1Cl. The van der Waals surface area contributed by atoms with Gasteiger partial charge in [0.25, 0.3) is 0 Å². The summed E-state index contributed by atoms with van der Waals surface area (Å²) < 4.78 is 0. The molecule has 48 heavy (non-hydrogen) atoms. The zero-order chi connectivity index (χ0) is 34.8. The molecule has 0 aromatic heterocycles. The van der Waals surface area contributed by atoms with Gasteiger partial charge in [0, 0.05) is 17.8 Å². The molecule has 0 saturated carbocycles. The molecule has 0 saturated heterocycles. The fourth-order valence-corrected chi connectivity index (χ4v) is 4.44. The number of anilines is 4. The highest BCUT2D eigenvalue weighted by atomic mass is 35.5. The van der Waals surface area contributed by atoms with Gasteiger partial charge < -0.3 is 31.5 Å². The molecule has 0 bridgehead atoms. The van der Waals surface area contributed by atoms with Crippen LogP contribution in [-0.4, -0.2) is 32.1 Å². The zero-order valence-electron chi connectivity index (χ0n) is 24.4. The molecule has 5 rings (SSSR count). The first-order chi connectivity index (χ1) is 22.9. The molecule has 5 aromatic carbocycles. The van der Waals surface area contributed by atoms with E-state index in [0.717, 1.165) is 23.3 Å². The van der Waals surface area contributed by atoms with Crippen LogP contribution in [0.2, 0.25) is 10.0 Å². The molecule has 0 heterocycles. The van der Waals surface area contributed by atoms with Gasteiger partial charge in [-0.15, -0.1) is 0 Å². The molecule has 0 aliphatic carbocycles. The second-order valence-electron chi connectivity index (χ2n) is 9.56. The Morgan fingerprint density at radius 3 is 1.50 bits per heavy atom. The number of nitrogens with zero attached hydrogens (tertiary/aromatic N) is 2. The number of hydrogen-bond acceptors (Lipinski definition) is 8. The van der Waals surface area contributed by atoms with Crippen LogP contribution < -0.4 is 21.3 Å². The van der Waals surface area contributed by atoms with E-state index in [4.69, 9.17) is 23.2 Å². The van der Waals surface area contributed by atoms with Crippen molar-refractivity contribution in [1.29, 1.82) is 0 Å². The maximum Gasteiger partial charge on any atom is 0.323 e. The summed E-state index contributed by atoms with van der Waals surface area (Å²) >= 11 is 11.7. The summed E-state index contributed by atoms with van der Waals surface area (Å²) in [6.45, 7) is 0. The first kappa shape index (κ1) is 34.5. The van der Waals surface area contributed by atoms with Crippen molar-refractivity contribution in [2.45, 2.75) is 0 Å². The second kappa shape index (κ2) is 15.8. The first-order valence-electron chi connectivity index (χ1n) is 13.6. The van der Waals surface area contributed by atoms with Crippen LogP contribution in [0, 0.1) is 20.2 Å². The van der Waals surface area contributed by atoms with Gasteiger partial charge in [0.15, 0.2) is 0 Å². The summed E-state index contributed by atoms with van der Waals surface area (Å²) in [7, 11) is 0. The Balaban J connectivity index is 0.000000220. The fourth-order valence-electron chi connectivity index (χ4n) is 4.10. The molecule has 0 spiro atoms. The van der Waals surface area contributed by atoms with Gasteiger partial charge in [0.2, 0.25) is 11.5 Å². The van der Waals surface area contributed by atoms with Gasteiger partial charge in [-0.3, -0.25) is 20.2 Å². The van der Waals surface area contributed by atoms with E-state index in [2.05, 4.69) is 21.3 Å². The van der Waals surface area contributed by atoms with Crippen molar-refractivity contribution in [2.75, 3.05) is 21.3 Å². The molecule has 0 atom stereocenters. The van der Waals surface area contributed by atoms with Gasteiger partial charge in [-0.1, -0.05) is 83.9 Å². The van der Waals surface area contributed by atoms with Crippen molar-refractivity contribution in [3.63, 3.8) is 0 Å². The van der Waals surface area contributed by atoms with Gasteiger partial charge in [0.05, 0.1) is 37.0 Å². The standard InChI is InChI=1S/C19H15N3O4.C13H9Cl2N3O4/c23-18-16(7-4-8-17(18)22(25)26)21-19(24)20-15-11-9-14(10-12-15)13-5-2-1-3-6-13;14-7-3-1-4-8(11(7)15)16-13(20)17-9-5-2-6-10(12(9)19)18(21)22/h1-12,23H,(H2,20,21,24);1-6,19H,(H2,16,17,20). The number of nitro benzene ring substituents is 2. The van der Waals surface area contributed by atoms with Crippen molar-refractivity contribution >= 4 is 69.4 Å². The summed E-state index contributed by atoms with van der Waals surface area (Å²) in [6, 6.07) is 28.0. The smallest absolute Gasteiger partial charge is 0.323 e. The molecule has 4 amide bonds. The zero-order valence-corrected chi connectivity index (χ0v) is 25.9. The van der Waals surface area contributed by atoms with Gasteiger partial charge in [-0.2, -0.15) is 0 Å². The largest absolute Gasteiger partial charge is 0.501 e. The number of hydrogen-bond donors (Lipinski definition) is 6. The van der Waals surface area contributed by atoms with Crippen LogP contribution in [0.1, 0.15) is 0 Å². The summed E-state index contributed by atoms with van der Waals surface area (Å²) in [4.78, 5) is 44.0. The number of halogens is 2. The normalized spacial score (nSPS) is 10.1. The van der Waals surface area contributed by atoms with Crippen LogP contribution in [0.5, 0.6) is 11.5 Å². The number of nitrogens with one attached hydrogen (secondary N) is 4.